The third-order valence-electron chi connectivity index (χ3n) is 3.80. The van der Waals surface area contributed by atoms with Crippen molar-refractivity contribution in [3.63, 3.8) is 0 Å². The van der Waals surface area contributed by atoms with Gasteiger partial charge in [-0.25, -0.2) is 17.2 Å². The van der Waals surface area contributed by atoms with Crippen molar-refractivity contribution in [2.24, 2.45) is 0 Å². The van der Waals surface area contributed by atoms with E-state index in [4.69, 9.17) is 0 Å². The predicted molar refractivity (Wildman–Crippen MR) is 83.9 cm³/mol. The molecule has 1 heterocycles. The van der Waals surface area contributed by atoms with Crippen molar-refractivity contribution in [2.45, 2.75) is 25.3 Å². The van der Waals surface area contributed by atoms with Crippen LogP contribution < -0.4 is 5.32 Å². The zero-order chi connectivity index (χ0) is 17.0. The maximum absolute atomic E-state index is 13.2. The van der Waals surface area contributed by atoms with Gasteiger partial charge < -0.3 is 5.32 Å². The summed E-state index contributed by atoms with van der Waals surface area (Å²) in [6, 6.07) is 2.33. The van der Waals surface area contributed by atoms with Crippen LogP contribution >= 0.6 is 0 Å². The van der Waals surface area contributed by atoms with Gasteiger partial charge in [-0.2, -0.15) is 0 Å². The monoisotopic (exact) mass is 346 g/mol. The first-order valence-electron chi connectivity index (χ1n) is 7.43. The largest absolute Gasteiger partial charge is 0.325 e. The lowest BCUT2D eigenvalue weighted by molar-refractivity contribution is -0.122. The van der Waals surface area contributed by atoms with Gasteiger partial charge in [0.15, 0.2) is 0 Å². The molecule has 0 aliphatic carbocycles. The summed E-state index contributed by atoms with van der Waals surface area (Å²) in [5, 5.41) is 2.51. The molecule has 0 saturated carbocycles. The molecule has 128 valence electrons. The van der Waals surface area contributed by atoms with Crippen LogP contribution in [0.15, 0.2) is 18.2 Å². The Bertz CT molecular complexity index is 659. The number of hydrogen-bond donors (Lipinski definition) is 1. The van der Waals surface area contributed by atoms with Crippen LogP contribution in [0.3, 0.4) is 0 Å². The number of anilines is 1. The molecule has 2 rings (SSSR count). The third kappa shape index (κ3) is 5.54. The van der Waals surface area contributed by atoms with Gasteiger partial charge in [0.2, 0.25) is 5.91 Å². The molecule has 1 aromatic rings. The van der Waals surface area contributed by atoms with Gasteiger partial charge in [-0.15, -0.1) is 0 Å². The van der Waals surface area contributed by atoms with Crippen molar-refractivity contribution in [1.82, 2.24) is 4.90 Å². The van der Waals surface area contributed by atoms with Crippen LogP contribution in [0.5, 0.6) is 0 Å². The van der Waals surface area contributed by atoms with E-state index in [1.54, 1.807) is 0 Å². The summed E-state index contributed by atoms with van der Waals surface area (Å²) in [5.41, 5.74) is 0.0566. The van der Waals surface area contributed by atoms with Gasteiger partial charge in [-0.3, -0.25) is 9.69 Å². The lowest BCUT2D eigenvalue weighted by atomic mass is 10.0. The van der Waals surface area contributed by atoms with Crippen LogP contribution in [0.1, 0.15) is 19.3 Å². The van der Waals surface area contributed by atoms with E-state index in [2.05, 4.69) is 5.32 Å². The van der Waals surface area contributed by atoms with Crippen molar-refractivity contribution >= 4 is 21.4 Å². The minimum atomic E-state index is -3.12. The molecule has 1 aromatic carbocycles. The smallest absolute Gasteiger partial charge is 0.241 e. The number of sulfone groups is 1. The van der Waals surface area contributed by atoms with E-state index < -0.39 is 27.5 Å². The molecular formula is C15H20F2N2O3S. The standard InChI is InChI=1S/C15H20F2N2O3S/c1-23(21,22)7-6-19-5-3-2-4-14(19)15(20)18-13-9-11(16)8-12(17)10-13/h8-10,14H,2-7H2,1H3,(H,18,20)/t14-/m0/s1. The molecule has 1 aliphatic heterocycles. The molecule has 0 spiro atoms. The molecule has 0 unspecified atom stereocenters. The number of nitrogens with zero attached hydrogens (tertiary/aromatic N) is 1. The number of benzene rings is 1. The number of halogens is 2. The molecule has 0 radical (unpaired) electrons. The fraction of sp³-hybridized carbons (Fsp3) is 0.533. The molecule has 1 aliphatic rings. The number of piperidine rings is 1. The Hall–Kier alpha value is -1.54. The molecule has 1 atom stereocenters. The Labute approximate surface area is 134 Å². The van der Waals surface area contributed by atoms with Crippen LogP contribution in [0, 0.1) is 11.6 Å². The summed E-state index contributed by atoms with van der Waals surface area (Å²) >= 11 is 0. The zero-order valence-corrected chi connectivity index (χ0v) is 13.7. The van der Waals surface area contributed by atoms with Gasteiger partial charge in [-0.05, 0) is 31.5 Å². The van der Waals surface area contributed by atoms with Crippen molar-refractivity contribution in [3.05, 3.63) is 29.8 Å². The molecule has 0 aromatic heterocycles. The second-order valence-corrected chi connectivity index (χ2v) is 8.08. The summed E-state index contributed by atoms with van der Waals surface area (Å²) < 4.78 is 49.0. The van der Waals surface area contributed by atoms with E-state index in [9.17, 15) is 22.0 Å². The first-order valence-corrected chi connectivity index (χ1v) is 9.49. The number of amides is 1. The van der Waals surface area contributed by atoms with Crippen LogP contribution in [-0.4, -0.2) is 50.4 Å². The second-order valence-electron chi connectivity index (χ2n) is 5.82. The molecule has 1 amide bonds. The quantitative estimate of drug-likeness (QED) is 0.883. The van der Waals surface area contributed by atoms with E-state index in [-0.39, 0.29) is 23.9 Å². The van der Waals surface area contributed by atoms with E-state index in [1.807, 2.05) is 4.90 Å². The fourth-order valence-electron chi connectivity index (χ4n) is 2.69. The average Bonchev–Trinajstić information content (AvgIpc) is 2.43. The maximum atomic E-state index is 13.2. The molecule has 8 heteroatoms. The summed E-state index contributed by atoms with van der Waals surface area (Å²) in [4.78, 5) is 14.2. The average molecular weight is 346 g/mol. The Morgan fingerprint density at radius 3 is 2.52 bits per heavy atom. The number of hydrogen-bond acceptors (Lipinski definition) is 4. The van der Waals surface area contributed by atoms with Crippen LogP contribution in [0.2, 0.25) is 0 Å². The molecule has 23 heavy (non-hydrogen) atoms. The highest BCUT2D eigenvalue weighted by Gasteiger charge is 2.29. The summed E-state index contributed by atoms with van der Waals surface area (Å²) in [6.45, 7) is 0.902. The van der Waals surface area contributed by atoms with Crippen molar-refractivity contribution in [3.8, 4) is 0 Å². The number of nitrogens with one attached hydrogen (secondary N) is 1. The fourth-order valence-corrected chi connectivity index (χ4v) is 3.26. The minimum absolute atomic E-state index is 0.0224. The Balaban J connectivity index is 2.05. The lowest BCUT2D eigenvalue weighted by Gasteiger charge is -2.34. The minimum Gasteiger partial charge on any atom is -0.325 e. The SMILES string of the molecule is CS(=O)(=O)CCN1CCCC[C@H]1C(=O)Nc1cc(F)cc(F)c1. The van der Waals surface area contributed by atoms with E-state index in [1.165, 1.54) is 0 Å². The highest BCUT2D eigenvalue weighted by molar-refractivity contribution is 7.90. The maximum Gasteiger partial charge on any atom is 0.241 e. The van der Waals surface area contributed by atoms with Crippen LogP contribution in [0.4, 0.5) is 14.5 Å². The number of carbonyl (C=O) groups is 1. The molecule has 1 fully saturated rings. The summed E-state index contributed by atoms with van der Waals surface area (Å²) in [7, 11) is -3.12. The predicted octanol–water partition coefficient (Wildman–Crippen LogP) is 1.80. The van der Waals surface area contributed by atoms with Gasteiger partial charge >= 0.3 is 0 Å². The van der Waals surface area contributed by atoms with Gasteiger partial charge in [0.25, 0.3) is 0 Å². The van der Waals surface area contributed by atoms with Crippen LogP contribution in [-0.2, 0) is 14.6 Å². The van der Waals surface area contributed by atoms with Gasteiger partial charge in [0.05, 0.1) is 11.8 Å². The van der Waals surface area contributed by atoms with Crippen molar-refractivity contribution in [1.29, 1.82) is 0 Å². The highest BCUT2D eigenvalue weighted by Crippen LogP contribution is 2.20. The van der Waals surface area contributed by atoms with Crippen LogP contribution in [0.25, 0.3) is 0 Å². The highest BCUT2D eigenvalue weighted by atomic mass is 32.2. The first kappa shape index (κ1) is 17.8. The molecular weight excluding hydrogens is 326 g/mol. The Kier molecular flexibility index (Phi) is 5.69. The topological polar surface area (TPSA) is 66.5 Å². The van der Waals surface area contributed by atoms with E-state index in [0.29, 0.717) is 13.0 Å². The van der Waals surface area contributed by atoms with Gasteiger partial charge in [-0.1, -0.05) is 6.42 Å². The normalized spacial score (nSPS) is 19.5. The lowest BCUT2D eigenvalue weighted by Crippen LogP contribution is -2.48. The van der Waals surface area contributed by atoms with Crippen molar-refractivity contribution < 1.29 is 22.0 Å². The Morgan fingerprint density at radius 2 is 1.91 bits per heavy atom. The third-order valence-corrected chi connectivity index (χ3v) is 4.72. The number of likely N-dealkylation sites (tertiary alicyclic amines) is 1. The molecule has 5 nitrogen and oxygen atoms in total. The summed E-state index contributed by atoms with van der Waals surface area (Å²) in [6.07, 6.45) is 3.49. The first-order chi connectivity index (χ1) is 10.7. The van der Waals surface area contributed by atoms with Crippen molar-refractivity contribution in [2.75, 3.05) is 30.4 Å². The molecule has 1 saturated heterocycles. The molecule has 1 N–H and O–H groups in total. The second kappa shape index (κ2) is 7.35. The molecule has 0 bridgehead atoms. The van der Waals surface area contributed by atoms with Gasteiger partial charge in [0.1, 0.15) is 21.5 Å². The van der Waals surface area contributed by atoms with Gasteiger partial charge in [0, 0.05) is 24.6 Å². The number of carbonyl (C=O) groups excluding carboxylic acids is 1. The zero-order valence-electron chi connectivity index (χ0n) is 12.9. The number of rotatable bonds is 5. The van der Waals surface area contributed by atoms with E-state index in [0.717, 1.165) is 37.3 Å². The Morgan fingerprint density at radius 1 is 1.26 bits per heavy atom. The summed E-state index contributed by atoms with van der Waals surface area (Å²) in [5.74, 6) is -1.93. The van der Waals surface area contributed by atoms with E-state index >= 15 is 0 Å².